The van der Waals surface area contributed by atoms with Gasteiger partial charge in [0.1, 0.15) is 5.15 Å². The van der Waals surface area contributed by atoms with E-state index < -0.39 is 6.04 Å². The molecule has 0 radical (unpaired) electrons. The lowest BCUT2D eigenvalue weighted by Crippen LogP contribution is -2.40. The van der Waals surface area contributed by atoms with Crippen LogP contribution in [0.5, 0.6) is 0 Å². The van der Waals surface area contributed by atoms with Gasteiger partial charge in [-0.25, -0.2) is 4.98 Å². The van der Waals surface area contributed by atoms with Crippen LogP contribution in [0.2, 0.25) is 5.15 Å². The monoisotopic (exact) mass is 241 g/mol. The molecule has 4 nitrogen and oxygen atoms in total. The number of hydrogen-bond acceptors (Lipinski definition) is 3. The second-order valence-electron chi connectivity index (χ2n) is 3.77. The molecule has 0 saturated carbocycles. The lowest BCUT2D eigenvalue weighted by molar-refractivity contribution is -0.118. The van der Waals surface area contributed by atoms with Crippen molar-refractivity contribution in [2.45, 2.75) is 26.3 Å². The molecule has 0 saturated heterocycles. The van der Waals surface area contributed by atoms with Crippen LogP contribution in [0.3, 0.4) is 0 Å². The Morgan fingerprint density at radius 3 is 2.94 bits per heavy atom. The van der Waals surface area contributed by atoms with E-state index in [2.05, 4.69) is 10.3 Å². The van der Waals surface area contributed by atoms with Crippen LogP contribution in [0.25, 0.3) is 0 Å². The molecular formula is C11H16ClN3O. The molecule has 1 rings (SSSR count). The molecule has 88 valence electrons. The summed E-state index contributed by atoms with van der Waals surface area (Å²) in [6.45, 7) is 3.95. The van der Waals surface area contributed by atoms with Gasteiger partial charge in [0.2, 0.25) is 5.91 Å². The molecule has 1 aromatic heterocycles. The third-order valence-corrected chi connectivity index (χ3v) is 2.76. The zero-order valence-electron chi connectivity index (χ0n) is 9.40. The minimum atomic E-state index is -0.503. The maximum absolute atomic E-state index is 11.7. The van der Waals surface area contributed by atoms with E-state index in [1.165, 1.54) is 6.20 Å². The standard InChI is InChI=1S/C11H16ClN3O/c1-3-7(2)10(13)11(16)15-8-4-5-14-9(12)6-8/h4-7,10H,3,13H2,1-2H3,(H,14,15,16)/t7?,10-/m0/s1. The first kappa shape index (κ1) is 12.9. The number of carbonyl (C=O) groups excluding carboxylic acids is 1. The molecule has 0 aliphatic carbocycles. The first-order valence-electron chi connectivity index (χ1n) is 5.22. The van der Waals surface area contributed by atoms with E-state index in [1.54, 1.807) is 12.1 Å². The van der Waals surface area contributed by atoms with Crippen molar-refractivity contribution < 1.29 is 4.79 Å². The number of carbonyl (C=O) groups is 1. The summed E-state index contributed by atoms with van der Waals surface area (Å²) in [5.74, 6) is -0.0473. The molecular weight excluding hydrogens is 226 g/mol. The Kier molecular flexibility index (Phi) is 4.71. The van der Waals surface area contributed by atoms with Gasteiger partial charge in [-0.15, -0.1) is 0 Å². The molecule has 3 N–H and O–H groups in total. The van der Waals surface area contributed by atoms with Crippen molar-refractivity contribution in [3.05, 3.63) is 23.5 Å². The summed E-state index contributed by atoms with van der Waals surface area (Å²) in [6, 6.07) is 2.76. The van der Waals surface area contributed by atoms with Gasteiger partial charge in [0, 0.05) is 11.9 Å². The molecule has 2 atom stereocenters. The number of nitrogens with zero attached hydrogens (tertiary/aromatic N) is 1. The SMILES string of the molecule is CCC(C)[C@H](N)C(=O)Nc1ccnc(Cl)c1. The predicted octanol–water partition coefficient (Wildman–Crippen LogP) is 2.05. The van der Waals surface area contributed by atoms with Gasteiger partial charge in [-0.05, 0) is 18.1 Å². The highest BCUT2D eigenvalue weighted by Gasteiger charge is 2.19. The molecule has 0 aliphatic rings. The molecule has 16 heavy (non-hydrogen) atoms. The summed E-state index contributed by atoms with van der Waals surface area (Å²) in [5, 5.41) is 3.05. The van der Waals surface area contributed by atoms with Gasteiger partial charge < -0.3 is 11.1 Å². The topological polar surface area (TPSA) is 68.0 Å². The molecule has 0 bridgehead atoms. The number of halogens is 1. The molecule has 5 heteroatoms. The number of hydrogen-bond donors (Lipinski definition) is 2. The van der Waals surface area contributed by atoms with Crippen molar-refractivity contribution in [1.29, 1.82) is 0 Å². The first-order valence-corrected chi connectivity index (χ1v) is 5.60. The van der Waals surface area contributed by atoms with Gasteiger partial charge in [-0.3, -0.25) is 4.79 Å². The lowest BCUT2D eigenvalue weighted by atomic mass is 9.99. The maximum Gasteiger partial charge on any atom is 0.241 e. The molecule has 0 spiro atoms. The second kappa shape index (κ2) is 5.82. The van der Waals surface area contributed by atoms with E-state index >= 15 is 0 Å². The quantitative estimate of drug-likeness (QED) is 0.793. The van der Waals surface area contributed by atoms with Gasteiger partial charge in [0.15, 0.2) is 0 Å². The highest BCUT2D eigenvalue weighted by Crippen LogP contribution is 2.13. The molecule has 1 amide bonds. The number of nitrogens with one attached hydrogen (secondary N) is 1. The largest absolute Gasteiger partial charge is 0.325 e. The fourth-order valence-electron chi connectivity index (χ4n) is 1.22. The Bertz CT molecular complexity index is 370. The number of pyridine rings is 1. The van der Waals surface area contributed by atoms with E-state index in [0.717, 1.165) is 6.42 Å². The third-order valence-electron chi connectivity index (χ3n) is 2.55. The molecule has 1 heterocycles. The van der Waals surface area contributed by atoms with Crippen LogP contribution in [-0.2, 0) is 4.79 Å². The van der Waals surface area contributed by atoms with Crippen LogP contribution in [0.15, 0.2) is 18.3 Å². The van der Waals surface area contributed by atoms with E-state index in [-0.39, 0.29) is 11.8 Å². The number of aromatic nitrogens is 1. The van der Waals surface area contributed by atoms with Crippen molar-refractivity contribution in [3.8, 4) is 0 Å². The van der Waals surface area contributed by atoms with Crippen molar-refractivity contribution in [2.24, 2.45) is 11.7 Å². The highest BCUT2D eigenvalue weighted by atomic mass is 35.5. The van der Waals surface area contributed by atoms with E-state index in [9.17, 15) is 4.79 Å². The Balaban J connectivity index is 2.64. The zero-order chi connectivity index (χ0) is 12.1. The second-order valence-corrected chi connectivity index (χ2v) is 4.16. The average molecular weight is 242 g/mol. The van der Waals surface area contributed by atoms with Crippen molar-refractivity contribution >= 4 is 23.2 Å². The zero-order valence-corrected chi connectivity index (χ0v) is 10.2. The van der Waals surface area contributed by atoms with Crippen molar-refractivity contribution in [1.82, 2.24) is 4.98 Å². The van der Waals surface area contributed by atoms with Crippen LogP contribution in [0.4, 0.5) is 5.69 Å². The Morgan fingerprint density at radius 1 is 1.69 bits per heavy atom. The van der Waals surface area contributed by atoms with Gasteiger partial charge in [0.05, 0.1) is 6.04 Å². The summed E-state index contributed by atoms with van der Waals surface area (Å²) in [5.41, 5.74) is 6.41. The molecule has 0 aliphatic heterocycles. The van der Waals surface area contributed by atoms with Gasteiger partial charge >= 0.3 is 0 Å². The normalized spacial score (nSPS) is 14.2. The number of nitrogens with two attached hydrogens (primary N) is 1. The Hall–Kier alpha value is -1.13. The Morgan fingerprint density at radius 2 is 2.38 bits per heavy atom. The van der Waals surface area contributed by atoms with E-state index in [0.29, 0.717) is 10.8 Å². The Labute approximate surface area is 100 Å². The minimum absolute atomic E-state index is 0.150. The van der Waals surface area contributed by atoms with E-state index in [1.807, 2.05) is 13.8 Å². The van der Waals surface area contributed by atoms with E-state index in [4.69, 9.17) is 17.3 Å². The summed E-state index contributed by atoms with van der Waals surface area (Å²) < 4.78 is 0. The maximum atomic E-state index is 11.7. The minimum Gasteiger partial charge on any atom is -0.325 e. The predicted molar refractivity (Wildman–Crippen MR) is 65.3 cm³/mol. The first-order chi connectivity index (χ1) is 7.54. The number of amides is 1. The van der Waals surface area contributed by atoms with Gasteiger partial charge in [-0.2, -0.15) is 0 Å². The average Bonchev–Trinajstić information content (AvgIpc) is 2.27. The van der Waals surface area contributed by atoms with Crippen LogP contribution >= 0.6 is 11.6 Å². The summed E-state index contributed by atoms with van der Waals surface area (Å²) >= 11 is 5.70. The van der Waals surface area contributed by atoms with Crippen molar-refractivity contribution in [2.75, 3.05) is 5.32 Å². The smallest absolute Gasteiger partial charge is 0.241 e. The summed E-state index contributed by atoms with van der Waals surface area (Å²) in [4.78, 5) is 15.6. The van der Waals surface area contributed by atoms with Crippen LogP contribution in [-0.4, -0.2) is 16.9 Å². The van der Waals surface area contributed by atoms with Crippen molar-refractivity contribution in [3.63, 3.8) is 0 Å². The van der Waals surface area contributed by atoms with Crippen LogP contribution in [0.1, 0.15) is 20.3 Å². The summed E-state index contributed by atoms with van der Waals surface area (Å²) in [7, 11) is 0. The van der Waals surface area contributed by atoms with Gasteiger partial charge in [-0.1, -0.05) is 31.9 Å². The number of anilines is 1. The fraction of sp³-hybridized carbons (Fsp3) is 0.455. The molecule has 0 fully saturated rings. The van der Waals surface area contributed by atoms with Crippen LogP contribution in [0, 0.1) is 5.92 Å². The third kappa shape index (κ3) is 3.47. The fourth-order valence-corrected chi connectivity index (χ4v) is 1.39. The number of rotatable bonds is 4. The molecule has 0 aromatic carbocycles. The summed E-state index contributed by atoms with van der Waals surface area (Å²) in [6.07, 6.45) is 2.40. The molecule has 1 unspecified atom stereocenters. The van der Waals surface area contributed by atoms with Gasteiger partial charge in [0.25, 0.3) is 0 Å². The lowest BCUT2D eigenvalue weighted by Gasteiger charge is -2.17. The van der Waals surface area contributed by atoms with Crippen LogP contribution < -0.4 is 11.1 Å². The highest BCUT2D eigenvalue weighted by molar-refractivity contribution is 6.29. The molecule has 1 aromatic rings.